The molecule has 0 saturated carbocycles. The summed E-state index contributed by atoms with van der Waals surface area (Å²) in [6.45, 7) is 2.21. The summed E-state index contributed by atoms with van der Waals surface area (Å²) in [7, 11) is 1.49. The van der Waals surface area contributed by atoms with Crippen LogP contribution < -0.4 is 15.4 Å². The SMILES string of the molecule is COc1ccc(C(=O)NCc2cccc(NC(=O)c3ccc(C)cc3)c2)c(O)c1. The van der Waals surface area contributed by atoms with Crippen LogP contribution in [0, 0.1) is 6.92 Å². The number of amides is 2. The zero-order valence-electron chi connectivity index (χ0n) is 16.2. The van der Waals surface area contributed by atoms with E-state index in [4.69, 9.17) is 4.74 Å². The number of methoxy groups -OCH3 is 1. The maximum atomic E-state index is 12.4. The predicted molar refractivity (Wildman–Crippen MR) is 111 cm³/mol. The Balaban J connectivity index is 1.63. The monoisotopic (exact) mass is 390 g/mol. The fraction of sp³-hybridized carbons (Fsp3) is 0.130. The highest BCUT2D eigenvalue weighted by atomic mass is 16.5. The first-order chi connectivity index (χ1) is 14.0. The van der Waals surface area contributed by atoms with Gasteiger partial charge in [-0.1, -0.05) is 29.8 Å². The van der Waals surface area contributed by atoms with Gasteiger partial charge >= 0.3 is 0 Å². The molecule has 0 fully saturated rings. The van der Waals surface area contributed by atoms with E-state index >= 15 is 0 Å². The quantitative estimate of drug-likeness (QED) is 0.596. The highest BCUT2D eigenvalue weighted by molar-refractivity contribution is 6.04. The van der Waals surface area contributed by atoms with Gasteiger partial charge < -0.3 is 20.5 Å². The third-order valence-electron chi connectivity index (χ3n) is 4.40. The van der Waals surface area contributed by atoms with Crippen LogP contribution in [0.4, 0.5) is 5.69 Å². The summed E-state index contributed by atoms with van der Waals surface area (Å²) >= 11 is 0. The number of phenolic OH excluding ortho intramolecular Hbond substituents is 1. The molecule has 0 aliphatic heterocycles. The van der Waals surface area contributed by atoms with Gasteiger partial charge in [0, 0.05) is 23.9 Å². The van der Waals surface area contributed by atoms with Gasteiger partial charge in [-0.2, -0.15) is 0 Å². The van der Waals surface area contributed by atoms with Gasteiger partial charge in [0.25, 0.3) is 11.8 Å². The average molecular weight is 390 g/mol. The molecule has 0 saturated heterocycles. The Labute approximate surface area is 169 Å². The largest absolute Gasteiger partial charge is 0.507 e. The number of aromatic hydroxyl groups is 1. The maximum absolute atomic E-state index is 12.4. The predicted octanol–water partition coefficient (Wildman–Crippen LogP) is 3.89. The number of phenols is 1. The van der Waals surface area contributed by atoms with Gasteiger partial charge in [0.05, 0.1) is 12.7 Å². The van der Waals surface area contributed by atoms with Crippen LogP contribution >= 0.6 is 0 Å². The molecule has 6 nitrogen and oxygen atoms in total. The van der Waals surface area contributed by atoms with E-state index in [2.05, 4.69) is 10.6 Å². The van der Waals surface area contributed by atoms with E-state index in [9.17, 15) is 14.7 Å². The summed E-state index contributed by atoms with van der Waals surface area (Å²) in [6, 6.07) is 19.0. The van der Waals surface area contributed by atoms with Crippen molar-refractivity contribution in [2.45, 2.75) is 13.5 Å². The molecule has 0 bridgehead atoms. The second-order valence-electron chi connectivity index (χ2n) is 6.59. The summed E-state index contributed by atoms with van der Waals surface area (Å²) in [6.07, 6.45) is 0. The highest BCUT2D eigenvalue weighted by Crippen LogP contribution is 2.23. The smallest absolute Gasteiger partial charge is 0.255 e. The normalized spacial score (nSPS) is 10.3. The number of anilines is 1. The number of aryl methyl sites for hydroxylation is 1. The van der Waals surface area contributed by atoms with Crippen LogP contribution in [-0.4, -0.2) is 24.0 Å². The second kappa shape index (κ2) is 8.93. The van der Waals surface area contributed by atoms with E-state index in [0.717, 1.165) is 11.1 Å². The Morgan fingerprint density at radius 3 is 2.41 bits per heavy atom. The molecule has 3 aromatic carbocycles. The molecule has 0 unspecified atom stereocenters. The minimum atomic E-state index is -0.403. The molecular weight excluding hydrogens is 368 g/mol. The number of nitrogens with one attached hydrogen (secondary N) is 2. The fourth-order valence-corrected chi connectivity index (χ4v) is 2.78. The van der Waals surface area contributed by atoms with Crippen LogP contribution in [0.25, 0.3) is 0 Å². The van der Waals surface area contributed by atoms with Crippen molar-refractivity contribution in [3.63, 3.8) is 0 Å². The molecule has 0 aliphatic carbocycles. The summed E-state index contributed by atoms with van der Waals surface area (Å²) in [4.78, 5) is 24.7. The summed E-state index contributed by atoms with van der Waals surface area (Å²) in [5.41, 5.74) is 3.27. The zero-order valence-corrected chi connectivity index (χ0v) is 16.2. The van der Waals surface area contributed by atoms with E-state index in [-0.39, 0.29) is 23.8 Å². The Morgan fingerprint density at radius 1 is 0.966 bits per heavy atom. The lowest BCUT2D eigenvalue weighted by Crippen LogP contribution is -2.23. The number of hydrogen-bond acceptors (Lipinski definition) is 4. The van der Waals surface area contributed by atoms with Gasteiger partial charge in [-0.15, -0.1) is 0 Å². The summed E-state index contributed by atoms with van der Waals surface area (Å²) in [5, 5.41) is 15.6. The highest BCUT2D eigenvalue weighted by Gasteiger charge is 2.12. The van der Waals surface area contributed by atoms with Crippen molar-refractivity contribution < 1.29 is 19.4 Å². The van der Waals surface area contributed by atoms with Crippen molar-refractivity contribution in [3.8, 4) is 11.5 Å². The van der Waals surface area contributed by atoms with E-state index in [1.807, 2.05) is 25.1 Å². The molecule has 3 rings (SSSR count). The van der Waals surface area contributed by atoms with Crippen LogP contribution in [-0.2, 0) is 6.54 Å². The number of carbonyl (C=O) groups is 2. The molecule has 148 valence electrons. The molecule has 3 aromatic rings. The van der Waals surface area contributed by atoms with E-state index < -0.39 is 5.91 Å². The fourth-order valence-electron chi connectivity index (χ4n) is 2.78. The lowest BCUT2D eigenvalue weighted by molar-refractivity contribution is 0.0947. The first kappa shape index (κ1) is 19.9. The van der Waals surface area contributed by atoms with Gasteiger partial charge in [0.1, 0.15) is 11.5 Å². The number of hydrogen-bond donors (Lipinski definition) is 3. The minimum Gasteiger partial charge on any atom is -0.507 e. The van der Waals surface area contributed by atoms with Gasteiger partial charge in [-0.25, -0.2) is 0 Å². The first-order valence-electron chi connectivity index (χ1n) is 9.08. The molecule has 0 radical (unpaired) electrons. The Hall–Kier alpha value is -3.80. The van der Waals surface area contributed by atoms with Crippen LogP contribution in [0.5, 0.6) is 11.5 Å². The van der Waals surface area contributed by atoms with Crippen molar-refractivity contribution in [2.75, 3.05) is 12.4 Å². The maximum Gasteiger partial charge on any atom is 0.255 e. The lowest BCUT2D eigenvalue weighted by atomic mass is 10.1. The molecule has 2 amide bonds. The topological polar surface area (TPSA) is 87.7 Å². The lowest BCUT2D eigenvalue weighted by Gasteiger charge is -2.10. The molecule has 6 heteroatoms. The van der Waals surface area contributed by atoms with Crippen LogP contribution in [0.2, 0.25) is 0 Å². The van der Waals surface area contributed by atoms with Crippen molar-refractivity contribution in [1.29, 1.82) is 0 Å². The molecule has 0 heterocycles. The molecule has 3 N–H and O–H groups in total. The Morgan fingerprint density at radius 2 is 1.72 bits per heavy atom. The van der Waals surface area contributed by atoms with Crippen LogP contribution in [0.3, 0.4) is 0 Å². The average Bonchev–Trinajstić information content (AvgIpc) is 2.72. The van der Waals surface area contributed by atoms with Crippen LogP contribution in [0.15, 0.2) is 66.7 Å². The van der Waals surface area contributed by atoms with Crippen molar-refractivity contribution in [1.82, 2.24) is 5.32 Å². The third-order valence-corrected chi connectivity index (χ3v) is 4.40. The van der Waals surface area contributed by atoms with E-state index in [1.165, 1.54) is 19.2 Å². The minimum absolute atomic E-state index is 0.152. The summed E-state index contributed by atoms with van der Waals surface area (Å²) in [5.74, 6) is -0.286. The summed E-state index contributed by atoms with van der Waals surface area (Å²) < 4.78 is 5.02. The number of benzene rings is 3. The number of ether oxygens (including phenoxy) is 1. The van der Waals surface area contributed by atoms with E-state index in [1.54, 1.807) is 36.4 Å². The second-order valence-corrected chi connectivity index (χ2v) is 6.59. The van der Waals surface area contributed by atoms with Crippen molar-refractivity contribution in [3.05, 3.63) is 89.0 Å². The third kappa shape index (κ3) is 5.13. The first-order valence-corrected chi connectivity index (χ1v) is 9.08. The number of rotatable bonds is 6. The molecular formula is C23H22N2O4. The standard InChI is InChI=1S/C23H22N2O4/c1-15-6-8-17(9-7-15)22(27)25-18-5-3-4-16(12-18)14-24-23(28)20-11-10-19(29-2)13-21(20)26/h3-13,26H,14H2,1-2H3,(H,24,28)(H,25,27). The number of carbonyl (C=O) groups excluding carboxylic acids is 2. The van der Waals surface area contributed by atoms with Gasteiger partial charge in [-0.3, -0.25) is 9.59 Å². The molecule has 29 heavy (non-hydrogen) atoms. The molecule has 0 aromatic heterocycles. The van der Waals surface area contributed by atoms with Gasteiger partial charge in [-0.05, 0) is 48.9 Å². The van der Waals surface area contributed by atoms with E-state index in [0.29, 0.717) is 17.0 Å². The molecule has 0 aliphatic rings. The Bertz CT molecular complexity index is 1030. The van der Waals surface area contributed by atoms with Crippen molar-refractivity contribution in [2.24, 2.45) is 0 Å². The molecule has 0 atom stereocenters. The zero-order chi connectivity index (χ0) is 20.8. The Kier molecular flexibility index (Phi) is 6.14. The van der Waals surface area contributed by atoms with Gasteiger partial charge in [0.15, 0.2) is 0 Å². The van der Waals surface area contributed by atoms with Gasteiger partial charge in [0.2, 0.25) is 0 Å². The van der Waals surface area contributed by atoms with Crippen molar-refractivity contribution >= 4 is 17.5 Å². The molecule has 0 spiro atoms. The van der Waals surface area contributed by atoms with Crippen LogP contribution in [0.1, 0.15) is 31.8 Å².